The zero-order valence-electron chi connectivity index (χ0n) is 10.8. The van der Waals surface area contributed by atoms with Gasteiger partial charge in [0, 0.05) is 0 Å². The Balaban J connectivity index is 3.58. The molecule has 0 saturated heterocycles. The highest BCUT2D eigenvalue weighted by Crippen LogP contribution is 2.46. The monoisotopic (exact) mass is 256 g/mol. The van der Waals surface area contributed by atoms with Gasteiger partial charge >= 0.3 is 0 Å². The average molecular weight is 256 g/mol. The Morgan fingerprint density at radius 3 is 1.94 bits per heavy atom. The second kappa shape index (κ2) is 6.11. The van der Waals surface area contributed by atoms with Gasteiger partial charge in [0.2, 0.25) is 11.5 Å². The molecular formula is C12H16O6. The van der Waals surface area contributed by atoms with Gasteiger partial charge in [0.1, 0.15) is 6.61 Å². The van der Waals surface area contributed by atoms with Gasteiger partial charge in [-0.25, -0.2) is 0 Å². The Bertz CT molecular complexity index is 441. The van der Waals surface area contributed by atoms with E-state index in [-0.39, 0.29) is 17.1 Å². The fraction of sp³-hybridized carbons (Fsp3) is 0.417. The Labute approximate surface area is 105 Å². The van der Waals surface area contributed by atoms with Gasteiger partial charge < -0.3 is 24.1 Å². The third-order valence-corrected chi connectivity index (χ3v) is 2.43. The van der Waals surface area contributed by atoms with E-state index in [2.05, 4.69) is 0 Å². The summed E-state index contributed by atoms with van der Waals surface area (Å²) in [5.74, 6) is 0.606. The summed E-state index contributed by atoms with van der Waals surface area (Å²) in [7, 11) is 5.72. The first-order chi connectivity index (χ1) is 8.64. The van der Waals surface area contributed by atoms with E-state index in [1.807, 2.05) is 0 Å². The maximum absolute atomic E-state index is 11.6. The molecule has 6 nitrogen and oxygen atoms in total. The molecule has 1 aromatic rings. The molecule has 0 radical (unpaired) electrons. The molecule has 0 atom stereocenters. The number of ketones is 1. The highest BCUT2D eigenvalue weighted by Gasteiger charge is 2.24. The van der Waals surface area contributed by atoms with Crippen LogP contribution in [-0.4, -0.2) is 45.9 Å². The first kappa shape index (κ1) is 14.1. The van der Waals surface area contributed by atoms with Gasteiger partial charge in [-0.15, -0.1) is 0 Å². The van der Waals surface area contributed by atoms with Crippen molar-refractivity contribution in [2.24, 2.45) is 0 Å². The largest absolute Gasteiger partial charge is 0.493 e. The number of Topliss-reactive ketones (excluding diaryl/α,β-unsaturated/α-hetero) is 1. The Hall–Kier alpha value is -1.95. The Kier molecular flexibility index (Phi) is 4.79. The number of rotatable bonds is 6. The van der Waals surface area contributed by atoms with Crippen LogP contribution >= 0.6 is 0 Å². The van der Waals surface area contributed by atoms with Crippen LogP contribution in [0.5, 0.6) is 23.0 Å². The van der Waals surface area contributed by atoms with E-state index in [4.69, 9.17) is 24.1 Å². The molecule has 1 N–H and O–H groups in total. The number of methoxy groups -OCH3 is 4. The van der Waals surface area contributed by atoms with Crippen LogP contribution in [0.4, 0.5) is 0 Å². The second-order valence-corrected chi connectivity index (χ2v) is 3.31. The Morgan fingerprint density at radius 2 is 1.56 bits per heavy atom. The van der Waals surface area contributed by atoms with Crippen molar-refractivity contribution >= 4 is 5.78 Å². The average Bonchev–Trinajstić information content (AvgIpc) is 2.43. The van der Waals surface area contributed by atoms with Crippen LogP contribution in [0.25, 0.3) is 0 Å². The van der Waals surface area contributed by atoms with Gasteiger partial charge in [-0.2, -0.15) is 0 Å². The SMILES string of the molecule is COc1cc(C(=O)CO)c(OC)c(OC)c1OC. The highest BCUT2D eigenvalue weighted by molar-refractivity contribution is 6.01. The minimum absolute atomic E-state index is 0.175. The number of aliphatic hydroxyl groups is 1. The van der Waals surface area contributed by atoms with Crippen LogP contribution in [0.1, 0.15) is 10.4 Å². The van der Waals surface area contributed by atoms with Crippen molar-refractivity contribution in [2.75, 3.05) is 35.0 Å². The van der Waals surface area contributed by atoms with Gasteiger partial charge in [-0.3, -0.25) is 4.79 Å². The van der Waals surface area contributed by atoms with Gasteiger partial charge in [0.05, 0.1) is 34.0 Å². The molecule has 1 rings (SSSR count). The molecule has 0 aromatic heterocycles. The summed E-state index contributed by atoms with van der Waals surface area (Å²) >= 11 is 0. The van der Waals surface area contributed by atoms with Gasteiger partial charge in [-0.1, -0.05) is 0 Å². The van der Waals surface area contributed by atoms with Crippen molar-refractivity contribution in [3.05, 3.63) is 11.6 Å². The summed E-state index contributed by atoms with van der Waals surface area (Å²) in [5.41, 5.74) is 0.175. The summed E-state index contributed by atoms with van der Waals surface area (Å²) in [4.78, 5) is 11.6. The zero-order valence-corrected chi connectivity index (χ0v) is 10.8. The van der Waals surface area contributed by atoms with E-state index >= 15 is 0 Å². The standard InChI is InChI=1S/C12H16O6/c1-15-9-5-7(8(14)6-13)10(16-2)12(18-4)11(9)17-3/h5,13H,6H2,1-4H3. The molecule has 0 saturated carbocycles. The van der Waals surface area contributed by atoms with E-state index in [0.717, 1.165) is 0 Å². The molecular weight excluding hydrogens is 240 g/mol. The van der Waals surface area contributed by atoms with Crippen LogP contribution < -0.4 is 18.9 Å². The van der Waals surface area contributed by atoms with Crippen molar-refractivity contribution in [3.8, 4) is 23.0 Å². The molecule has 1 aromatic carbocycles. The molecule has 0 amide bonds. The summed E-state index contributed by atoms with van der Waals surface area (Å²) in [6.45, 7) is -0.630. The summed E-state index contributed by atoms with van der Waals surface area (Å²) < 4.78 is 20.6. The first-order valence-corrected chi connectivity index (χ1v) is 5.15. The predicted molar refractivity (Wildman–Crippen MR) is 64.1 cm³/mol. The lowest BCUT2D eigenvalue weighted by Gasteiger charge is -2.17. The number of carbonyl (C=O) groups excluding carboxylic acids is 1. The van der Waals surface area contributed by atoms with Gasteiger partial charge in [0.15, 0.2) is 17.3 Å². The van der Waals surface area contributed by atoms with E-state index in [1.54, 1.807) is 0 Å². The lowest BCUT2D eigenvalue weighted by Crippen LogP contribution is -2.09. The minimum atomic E-state index is -0.630. The molecule has 0 heterocycles. The van der Waals surface area contributed by atoms with Crippen LogP contribution in [-0.2, 0) is 0 Å². The van der Waals surface area contributed by atoms with Crippen molar-refractivity contribution in [1.82, 2.24) is 0 Å². The van der Waals surface area contributed by atoms with Crippen LogP contribution in [0, 0.1) is 0 Å². The van der Waals surface area contributed by atoms with Crippen LogP contribution in [0.15, 0.2) is 6.07 Å². The fourth-order valence-corrected chi connectivity index (χ4v) is 1.62. The molecule has 0 aliphatic carbocycles. The molecule has 6 heteroatoms. The van der Waals surface area contributed by atoms with Crippen molar-refractivity contribution < 1.29 is 28.8 Å². The molecule has 18 heavy (non-hydrogen) atoms. The molecule has 0 aliphatic rings. The number of hydrogen-bond acceptors (Lipinski definition) is 6. The molecule has 0 bridgehead atoms. The summed E-state index contributed by atoms with van der Waals surface area (Å²) in [5, 5.41) is 8.94. The van der Waals surface area contributed by atoms with E-state index < -0.39 is 12.4 Å². The lowest BCUT2D eigenvalue weighted by molar-refractivity contribution is 0.0899. The Morgan fingerprint density at radius 1 is 1.00 bits per heavy atom. The number of aliphatic hydroxyl groups excluding tert-OH is 1. The van der Waals surface area contributed by atoms with Crippen LogP contribution in [0.2, 0.25) is 0 Å². The van der Waals surface area contributed by atoms with Gasteiger partial charge in [0.25, 0.3) is 0 Å². The predicted octanol–water partition coefficient (Wildman–Crippen LogP) is 0.896. The molecule has 0 unspecified atom stereocenters. The molecule has 100 valence electrons. The fourth-order valence-electron chi connectivity index (χ4n) is 1.62. The van der Waals surface area contributed by atoms with Crippen LogP contribution in [0.3, 0.4) is 0 Å². The van der Waals surface area contributed by atoms with Gasteiger partial charge in [-0.05, 0) is 6.07 Å². The normalized spacial score (nSPS) is 9.83. The molecule has 0 fully saturated rings. The number of benzene rings is 1. The van der Waals surface area contributed by atoms with E-state index in [9.17, 15) is 4.79 Å². The minimum Gasteiger partial charge on any atom is -0.493 e. The maximum atomic E-state index is 11.6. The second-order valence-electron chi connectivity index (χ2n) is 3.31. The quantitative estimate of drug-likeness (QED) is 0.762. The number of ether oxygens (including phenoxy) is 4. The third kappa shape index (κ3) is 2.33. The third-order valence-electron chi connectivity index (χ3n) is 2.43. The number of hydrogen-bond donors (Lipinski definition) is 1. The first-order valence-electron chi connectivity index (χ1n) is 5.15. The highest BCUT2D eigenvalue weighted by atomic mass is 16.5. The topological polar surface area (TPSA) is 74.2 Å². The van der Waals surface area contributed by atoms with Crippen molar-refractivity contribution in [1.29, 1.82) is 0 Å². The van der Waals surface area contributed by atoms with E-state index in [0.29, 0.717) is 11.5 Å². The smallest absolute Gasteiger partial charge is 0.208 e. The zero-order chi connectivity index (χ0) is 13.7. The van der Waals surface area contributed by atoms with Crippen molar-refractivity contribution in [2.45, 2.75) is 0 Å². The van der Waals surface area contributed by atoms with Crippen molar-refractivity contribution in [3.63, 3.8) is 0 Å². The summed E-state index contributed by atoms with van der Waals surface area (Å²) in [6, 6.07) is 1.44. The number of carbonyl (C=O) groups is 1. The molecule has 0 aliphatic heterocycles. The summed E-state index contributed by atoms with van der Waals surface area (Å²) in [6.07, 6.45) is 0. The maximum Gasteiger partial charge on any atom is 0.208 e. The lowest BCUT2D eigenvalue weighted by atomic mass is 10.1. The molecule has 0 spiro atoms. The van der Waals surface area contributed by atoms with E-state index in [1.165, 1.54) is 34.5 Å².